The van der Waals surface area contributed by atoms with Gasteiger partial charge < -0.3 is 61.3 Å². The molecule has 0 aromatic rings. The summed E-state index contributed by atoms with van der Waals surface area (Å²) in [7, 11) is 0. The van der Waals surface area contributed by atoms with Gasteiger partial charge in [-0.1, -0.05) is 20.8 Å². The first-order chi connectivity index (χ1) is 13.9. The summed E-state index contributed by atoms with van der Waals surface area (Å²) in [4.78, 5) is 0. The minimum Gasteiger partial charge on any atom is -0.396 e. The Kier molecular flexibility index (Phi) is 23.2. The molecule has 0 rings (SSSR count). The van der Waals surface area contributed by atoms with Gasteiger partial charge in [0.15, 0.2) is 0 Å². The van der Waals surface area contributed by atoms with Gasteiger partial charge in [0, 0.05) is 13.2 Å². The molecular weight excluding hydrogens is 408 g/mol. The Morgan fingerprint density at radius 1 is 0.400 bits per heavy atom. The molecule has 0 aromatic heterocycles. The predicted molar refractivity (Wildman–Crippen MR) is 106 cm³/mol. The molecule has 0 aliphatic heterocycles. The third-order valence-electron chi connectivity index (χ3n) is 4.70. The molecule has 12 heteroatoms. The Bertz CT molecular complexity index is 280. The van der Waals surface area contributed by atoms with E-state index in [1.807, 2.05) is 13.8 Å². The second-order valence-corrected chi connectivity index (χ2v) is 7.16. The Morgan fingerprint density at radius 3 is 0.733 bits per heavy atom. The zero-order valence-corrected chi connectivity index (χ0v) is 17.8. The minimum atomic E-state index is -1.49. The van der Waals surface area contributed by atoms with Crippen LogP contribution in [0.3, 0.4) is 0 Å². The second-order valence-electron chi connectivity index (χ2n) is 7.16. The first kappa shape index (κ1) is 34.1. The second kappa shape index (κ2) is 20.4. The summed E-state index contributed by atoms with van der Waals surface area (Å²) in [6.07, 6.45) is -8.58. The fraction of sp³-hybridized carbons (Fsp3) is 1.00. The third kappa shape index (κ3) is 15.3. The number of aliphatic hydroxyl groups excluding tert-OH is 12. The lowest BCUT2D eigenvalue weighted by Gasteiger charge is -2.22. The Labute approximate surface area is 176 Å². The quantitative estimate of drug-likeness (QED) is 0.134. The van der Waals surface area contributed by atoms with Gasteiger partial charge >= 0.3 is 0 Å². The lowest BCUT2D eigenvalue weighted by Crippen LogP contribution is -2.41. The molecule has 0 radical (unpaired) electrons. The van der Waals surface area contributed by atoms with Crippen LogP contribution in [0.4, 0.5) is 0 Å². The molecule has 0 spiro atoms. The summed E-state index contributed by atoms with van der Waals surface area (Å²) in [5.41, 5.74) is 0. The number of hydrogen-bond donors (Lipinski definition) is 12. The first-order valence-electron chi connectivity index (χ1n) is 9.63. The molecule has 0 saturated heterocycles. The Balaban J connectivity index is -0.000000364. The molecule has 0 saturated carbocycles. The van der Waals surface area contributed by atoms with Crippen molar-refractivity contribution in [3.8, 4) is 0 Å². The lowest BCUT2D eigenvalue weighted by atomic mass is 9.86. The van der Waals surface area contributed by atoms with E-state index in [1.165, 1.54) is 0 Å². The van der Waals surface area contributed by atoms with Crippen molar-refractivity contribution in [3.63, 3.8) is 0 Å². The summed E-state index contributed by atoms with van der Waals surface area (Å²) in [6.45, 7) is 3.92. The van der Waals surface area contributed by atoms with E-state index in [2.05, 4.69) is 6.92 Å². The van der Waals surface area contributed by atoms with Crippen LogP contribution in [-0.2, 0) is 0 Å². The summed E-state index contributed by atoms with van der Waals surface area (Å²) >= 11 is 0. The maximum Gasteiger partial charge on any atom is 0.110 e. The molecular formula is C18H42O12. The van der Waals surface area contributed by atoms with Crippen molar-refractivity contribution < 1.29 is 61.3 Å². The maximum atomic E-state index is 8.77. The van der Waals surface area contributed by atoms with Crippen LogP contribution >= 0.6 is 0 Å². The normalized spacial score (nSPS) is 20.1. The van der Waals surface area contributed by atoms with Crippen LogP contribution in [0.1, 0.15) is 20.8 Å². The SMILES string of the molecule is CC(CO)C(C)C(C)CO.OCC(O)C(O)C(O)CO.OCC(O)C(O)C(O)CO. The van der Waals surface area contributed by atoms with Gasteiger partial charge in [0.1, 0.15) is 36.6 Å². The highest BCUT2D eigenvalue weighted by molar-refractivity contribution is 4.74. The van der Waals surface area contributed by atoms with Crippen LogP contribution in [0.5, 0.6) is 0 Å². The fourth-order valence-electron chi connectivity index (χ4n) is 1.84. The van der Waals surface area contributed by atoms with Gasteiger partial charge in [0.05, 0.1) is 26.4 Å². The van der Waals surface area contributed by atoms with Crippen molar-refractivity contribution in [1.29, 1.82) is 0 Å². The Hall–Kier alpha value is -0.480. The molecule has 30 heavy (non-hydrogen) atoms. The van der Waals surface area contributed by atoms with Gasteiger partial charge in [-0.25, -0.2) is 0 Å². The van der Waals surface area contributed by atoms with Crippen LogP contribution in [0, 0.1) is 17.8 Å². The van der Waals surface area contributed by atoms with E-state index in [-0.39, 0.29) is 13.2 Å². The molecule has 0 fully saturated rings. The highest BCUT2D eigenvalue weighted by Gasteiger charge is 2.23. The molecule has 0 aliphatic rings. The van der Waals surface area contributed by atoms with Crippen molar-refractivity contribution in [2.24, 2.45) is 17.8 Å². The number of hydrogen-bond acceptors (Lipinski definition) is 12. The van der Waals surface area contributed by atoms with Crippen LogP contribution in [-0.4, -0.2) is 138 Å². The molecule has 6 unspecified atom stereocenters. The van der Waals surface area contributed by atoms with Crippen molar-refractivity contribution in [3.05, 3.63) is 0 Å². The summed E-state index contributed by atoms with van der Waals surface area (Å²) in [5.74, 6) is 0.985. The van der Waals surface area contributed by atoms with Gasteiger partial charge in [-0.2, -0.15) is 0 Å². The van der Waals surface area contributed by atoms with E-state index in [4.69, 9.17) is 61.3 Å². The van der Waals surface area contributed by atoms with E-state index < -0.39 is 63.1 Å². The van der Waals surface area contributed by atoms with Crippen LogP contribution in [0.2, 0.25) is 0 Å². The van der Waals surface area contributed by atoms with Crippen LogP contribution < -0.4 is 0 Å². The average Bonchev–Trinajstić information content (AvgIpc) is 2.79. The standard InChI is InChI=1S/C8H18O2.2C5H12O5/c1-6(4-9)8(3)7(2)5-10;2*6-1-3(8)5(10)4(9)2-7/h6-10H,4-5H2,1-3H3;2*3-10H,1-2H2. The van der Waals surface area contributed by atoms with E-state index in [0.29, 0.717) is 17.8 Å². The highest BCUT2D eigenvalue weighted by Crippen LogP contribution is 2.19. The smallest absolute Gasteiger partial charge is 0.110 e. The zero-order valence-electron chi connectivity index (χ0n) is 17.8. The van der Waals surface area contributed by atoms with E-state index >= 15 is 0 Å². The van der Waals surface area contributed by atoms with Gasteiger partial charge in [0.2, 0.25) is 0 Å². The maximum absolute atomic E-state index is 8.77. The number of aliphatic hydroxyl groups is 12. The van der Waals surface area contributed by atoms with E-state index in [0.717, 1.165) is 0 Å². The van der Waals surface area contributed by atoms with Gasteiger partial charge in [-0.15, -0.1) is 0 Å². The fourth-order valence-corrected chi connectivity index (χ4v) is 1.84. The highest BCUT2D eigenvalue weighted by atomic mass is 16.4. The van der Waals surface area contributed by atoms with Gasteiger partial charge in [-0.3, -0.25) is 0 Å². The molecule has 0 bridgehead atoms. The summed E-state index contributed by atoms with van der Waals surface area (Å²) in [5, 5.41) is 103. The van der Waals surface area contributed by atoms with Crippen LogP contribution in [0.25, 0.3) is 0 Å². The number of rotatable bonds is 12. The molecule has 12 N–H and O–H groups in total. The molecule has 12 nitrogen and oxygen atoms in total. The van der Waals surface area contributed by atoms with Crippen molar-refractivity contribution in [1.82, 2.24) is 0 Å². The Morgan fingerprint density at radius 2 is 0.600 bits per heavy atom. The largest absolute Gasteiger partial charge is 0.396 e. The average molecular weight is 451 g/mol. The van der Waals surface area contributed by atoms with E-state index in [9.17, 15) is 0 Å². The van der Waals surface area contributed by atoms with E-state index in [1.54, 1.807) is 0 Å². The molecule has 186 valence electrons. The lowest BCUT2D eigenvalue weighted by molar-refractivity contribution is -0.0900. The molecule has 0 aromatic carbocycles. The minimum absolute atomic E-state index is 0.214. The van der Waals surface area contributed by atoms with Crippen LogP contribution in [0.15, 0.2) is 0 Å². The molecule has 0 aliphatic carbocycles. The van der Waals surface area contributed by atoms with Crippen molar-refractivity contribution in [2.45, 2.75) is 57.4 Å². The van der Waals surface area contributed by atoms with Crippen molar-refractivity contribution >= 4 is 0 Å². The molecule has 0 amide bonds. The predicted octanol–water partition coefficient (Wildman–Crippen LogP) is -5.01. The third-order valence-corrected chi connectivity index (χ3v) is 4.70. The topological polar surface area (TPSA) is 243 Å². The van der Waals surface area contributed by atoms with Gasteiger partial charge in [-0.05, 0) is 17.8 Å². The van der Waals surface area contributed by atoms with Gasteiger partial charge in [0.25, 0.3) is 0 Å². The zero-order chi connectivity index (χ0) is 24.4. The first-order valence-corrected chi connectivity index (χ1v) is 9.63. The molecule has 6 atom stereocenters. The summed E-state index contributed by atoms with van der Waals surface area (Å²) < 4.78 is 0. The monoisotopic (exact) mass is 450 g/mol. The van der Waals surface area contributed by atoms with Crippen molar-refractivity contribution in [2.75, 3.05) is 39.6 Å². The summed E-state index contributed by atoms with van der Waals surface area (Å²) in [6, 6.07) is 0. The molecule has 0 heterocycles.